The lowest BCUT2D eigenvalue weighted by molar-refractivity contribution is 0.415. The first-order chi connectivity index (χ1) is 9.78. The summed E-state index contributed by atoms with van der Waals surface area (Å²) >= 11 is 0. The fraction of sp³-hybridized carbons (Fsp3) is 0.294. The highest BCUT2D eigenvalue weighted by Crippen LogP contribution is 2.30. The van der Waals surface area contributed by atoms with Crippen LogP contribution in [-0.2, 0) is 12.8 Å². The first-order valence-corrected chi connectivity index (χ1v) is 7.03. The number of anilines is 2. The Balaban J connectivity index is 1.86. The van der Waals surface area contributed by atoms with Gasteiger partial charge in [0.1, 0.15) is 5.75 Å². The van der Waals surface area contributed by atoms with E-state index in [1.165, 1.54) is 11.1 Å². The van der Waals surface area contributed by atoms with Gasteiger partial charge in [-0.1, -0.05) is 24.3 Å². The van der Waals surface area contributed by atoms with E-state index in [9.17, 15) is 0 Å². The molecule has 0 atom stereocenters. The van der Waals surface area contributed by atoms with Crippen LogP contribution in [0.5, 0.6) is 5.75 Å². The van der Waals surface area contributed by atoms with Gasteiger partial charge in [0.2, 0.25) is 0 Å². The van der Waals surface area contributed by atoms with Gasteiger partial charge in [0.05, 0.1) is 18.5 Å². The molecule has 0 saturated carbocycles. The van der Waals surface area contributed by atoms with Crippen LogP contribution in [0.25, 0.3) is 0 Å². The third kappa shape index (κ3) is 2.44. The summed E-state index contributed by atoms with van der Waals surface area (Å²) in [6, 6.07) is 14.6. The van der Waals surface area contributed by atoms with Crippen molar-refractivity contribution in [1.82, 2.24) is 0 Å². The van der Waals surface area contributed by atoms with E-state index in [0.29, 0.717) is 0 Å². The van der Waals surface area contributed by atoms with Crippen LogP contribution < -0.4 is 15.4 Å². The van der Waals surface area contributed by atoms with Gasteiger partial charge in [-0.05, 0) is 36.1 Å². The fourth-order valence-electron chi connectivity index (χ4n) is 2.83. The summed E-state index contributed by atoms with van der Waals surface area (Å²) < 4.78 is 5.31. The Morgan fingerprint density at radius 2 is 1.65 bits per heavy atom. The molecule has 0 amide bonds. The molecule has 104 valence electrons. The number of rotatable bonds is 2. The molecule has 2 aromatic rings. The summed E-state index contributed by atoms with van der Waals surface area (Å²) in [5.41, 5.74) is 10.9. The molecule has 0 unspecified atom stereocenters. The molecule has 3 heteroatoms. The molecule has 1 aliphatic rings. The lowest BCUT2D eigenvalue weighted by Crippen LogP contribution is -2.26. The van der Waals surface area contributed by atoms with Gasteiger partial charge in [0.15, 0.2) is 0 Å². The molecule has 0 aromatic heterocycles. The predicted molar refractivity (Wildman–Crippen MR) is 83.5 cm³/mol. The van der Waals surface area contributed by atoms with Crippen molar-refractivity contribution in [2.24, 2.45) is 0 Å². The molecule has 2 aromatic carbocycles. The van der Waals surface area contributed by atoms with Crippen LogP contribution in [0.1, 0.15) is 11.1 Å². The third-order valence-electron chi connectivity index (χ3n) is 4.00. The van der Waals surface area contributed by atoms with Crippen LogP contribution in [0.4, 0.5) is 11.4 Å². The Bertz CT molecular complexity index is 583. The van der Waals surface area contributed by atoms with Gasteiger partial charge in [0, 0.05) is 19.2 Å². The van der Waals surface area contributed by atoms with Gasteiger partial charge >= 0.3 is 0 Å². The van der Waals surface area contributed by atoms with Crippen molar-refractivity contribution in [1.29, 1.82) is 0 Å². The number of nitrogens with two attached hydrogens (primary N) is 1. The van der Waals surface area contributed by atoms with Gasteiger partial charge in [0.25, 0.3) is 0 Å². The fourth-order valence-corrected chi connectivity index (χ4v) is 2.83. The number of nitrogens with zero attached hydrogens (tertiary/aromatic N) is 1. The van der Waals surface area contributed by atoms with E-state index in [2.05, 4.69) is 29.2 Å². The number of methoxy groups -OCH3 is 1. The number of nitrogen functional groups attached to an aromatic ring is 1. The number of benzene rings is 2. The summed E-state index contributed by atoms with van der Waals surface area (Å²) in [4.78, 5) is 2.36. The Morgan fingerprint density at radius 1 is 1.00 bits per heavy atom. The van der Waals surface area contributed by atoms with E-state index >= 15 is 0 Å². The molecule has 0 aliphatic carbocycles. The maximum absolute atomic E-state index is 6.13. The minimum atomic E-state index is 0.816. The van der Waals surface area contributed by atoms with Crippen molar-refractivity contribution < 1.29 is 4.74 Å². The van der Waals surface area contributed by atoms with E-state index in [4.69, 9.17) is 10.5 Å². The van der Waals surface area contributed by atoms with E-state index in [1.807, 2.05) is 18.2 Å². The molecule has 0 saturated heterocycles. The molecule has 3 rings (SSSR count). The van der Waals surface area contributed by atoms with Gasteiger partial charge in [-0.3, -0.25) is 0 Å². The maximum Gasteiger partial charge on any atom is 0.121 e. The molecular weight excluding hydrogens is 248 g/mol. The van der Waals surface area contributed by atoms with Gasteiger partial charge in [-0.2, -0.15) is 0 Å². The van der Waals surface area contributed by atoms with Crippen LogP contribution in [-0.4, -0.2) is 20.2 Å². The lowest BCUT2D eigenvalue weighted by Gasteiger charge is -2.24. The molecule has 0 bridgehead atoms. The first-order valence-electron chi connectivity index (χ1n) is 7.03. The second-order valence-electron chi connectivity index (χ2n) is 5.18. The van der Waals surface area contributed by atoms with Crippen LogP contribution in [0.3, 0.4) is 0 Å². The first kappa shape index (κ1) is 12.9. The van der Waals surface area contributed by atoms with Crippen LogP contribution in [0.15, 0.2) is 42.5 Å². The third-order valence-corrected chi connectivity index (χ3v) is 4.00. The zero-order chi connectivity index (χ0) is 13.9. The minimum absolute atomic E-state index is 0.816. The number of hydrogen-bond donors (Lipinski definition) is 1. The van der Waals surface area contributed by atoms with Crippen molar-refractivity contribution in [2.45, 2.75) is 12.8 Å². The lowest BCUT2D eigenvalue weighted by atomic mass is 10.0. The maximum atomic E-state index is 6.13. The Hall–Kier alpha value is -2.16. The average molecular weight is 268 g/mol. The van der Waals surface area contributed by atoms with Crippen LogP contribution >= 0.6 is 0 Å². The molecule has 20 heavy (non-hydrogen) atoms. The van der Waals surface area contributed by atoms with Crippen molar-refractivity contribution in [3.8, 4) is 5.75 Å². The van der Waals surface area contributed by atoms with Gasteiger partial charge < -0.3 is 15.4 Å². The molecule has 0 spiro atoms. The zero-order valence-electron chi connectivity index (χ0n) is 11.8. The Morgan fingerprint density at radius 3 is 2.25 bits per heavy atom. The van der Waals surface area contributed by atoms with Crippen molar-refractivity contribution >= 4 is 11.4 Å². The van der Waals surface area contributed by atoms with Crippen molar-refractivity contribution in [3.05, 3.63) is 53.6 Å². The SMILES string of the molecule is COc1ccc(N)c(N2CCc3ccccc3CC2)c1. The highest BCUT2D eigenvalue weighted by Gasteiger charge is 2.16. The minimum Gasteiger partial charge on any atom is -0.497 e. The van der Waals surface area contributed by atoms with E-state index in [0.717, 1.165) is 43.1 Å². The quantitative estimate of drug-likeness (QED) is 0.851. The average Bonchev–Trinajstić information content (AvgIpc) is 2.70. The molecule has 2 N–H and O–H groups in total. The summed E-state index contributed by atoms with van der Waals surface area (Å²) in [7, 11) is 1.69. The van der Waals surface area contributed by atoms with Crippen LogP contribution in [0, 0.1) is 0 Å². The van der Waals surface area contributed by atoms with E-state index < -0.39 is 0 Å². The standard InChI is InChI=1S/C17H20N2O/c1-20-15-6-7-16(18)17(12-15)19-10-8-13-4-2-3-5-14(13)9-11-19/h2-7,12H,8-11,18H2,1H3. The molecular formula is C17H20N2O. The Kier molecular flexibility index (Phi) is 3.50. The molecule has 0 fully saturated rings. The highest BCUT2D eigenvalue weighted by atomic mass is 16.5. The van der Waals surface area contributed by atoms with Gasteiger partial charge in [-0.15, -0.1) is 0 Å². The summed E-state index contributed by atoms with van der Waals surface area (Å²) in [5.74, 6) is 0.857. The van der Waals surface area contributed by atoms with Crippen LogP contribution in [0.2, 0.25) is 0 Å². The Labute approximate surface area is 120 Å². The topological polar surface area (TPSA) is 38.5 Å². The smallest absolute Gasteiger partial charge is 0.121 e. The normalized spacial score (nSPS) is 14.6. The van der Waals surface area contributed by atoms with Crippen molar-refractivity contribution in [2.75, 3.05) is 30.8 Å². The number of hydrogen-bond acceptors (Lipinski definition) is 3. The van der Waals surface area contributed by atoms with E-state index in [-0.39, 0.29) is 0 Å². The second-order valence-corrected chi connectivity index (χ2v) is 5.18. The van der Waals surface area contributed by atoms with Gasteiger partial charge in [-0.25, -0.2) is 0 Å². The predicted octanol–water partition coefficient (Wildman–Crippen LogP) is 2.88. The molecule has 0 radical (unpaired) electrons. The summed E-state index contributed by atoms with van der Waals surface area (Å²) in [5, 5.41) is 0. The molecule has 1 heterocycles. The monoisotopic (exact) mass is 268 g/mol. The molecule has 3 nitrogen and oxygen atoms in total. The summed E-state index contributed by atoms with van der Waals surface area (Å²) in [6.07, 6.45) is 2.12. The molecule has 1 aliphatic heterocycles. The second kappa shape index (κ2) is 5.45. The highest BCUT2D eigenvalue weighted by molar-refractivity contribution is 5.70. The number of ether oxygens (including phenoxy) is 1. The largest absolute Gasteiger partial charge is 0.497 e. The number of fused-ring (bicyclic) bond motifs is 1. The van der Waals surface area contributed by atoms with Crippen molar-refractivity contribution in [3.63, 3.8) is 0 Å². The van der Waals surface area contributed by atoms with E-state index in [1.54, 1.807) is 7.11 Å². The summed E-state index contributed by atoms with van der Waals surface area (Å²) in [6.45, 7) is 1.99. The zero-order valence-corrected chi connectivity index (χ0v) is 11.8.